The molecule has 7 heteroatoms. The Morgan fingerprint density at radius 3 is 2.42 bits per heavy atom. The zero-order chi connectivity index (χ0) is 19.3. The predicted octanol–water partition coefficient (Wildman–Crippen LogP) is 4.63. The van der Waals surface area contributed by atoms with Gasteiger partial charge in [0.05, 0.1) is 10.9 Å². The zero-order valence-corrected chi connectivity index (χ0v) is 17.4. The van der Waals surface area contributed by atoms with Gasteiger partial charge in [0.2, 0.25) is 0 Å². The molecule has 0 spiro atoms. The lowest BCUT2D eigenvalue weighted by Crippen LogP contribution is -2.53. The van der Waals surface area contributed by atoms with E-state index in [0.717, 1.165) is 10.0 Å². The summed E-state index contributed by atoms with van der Waals surface area (Å²) in [6, 6.07) is 11.2. The third-order valence-electron chi connectivity index (χ3n) is 3.90. The Morgan fingerprint density at radius 1 is 1.27 bits per heavy atom. The second-order valence-corrected chi connectivity index (χ2v) is 8.88. The van der Waals surface area contributed by atoms with Crippen LogP contribution in [-0.2, 0) is 6.42 Å². The highest BCUT2D eigenvalue weighted by Crippen LogP contribution is 2.20. The molecule has 2 rings (SSSR count). The summed E-state index contributed by atoms with van der Waals surface area (Å²) in [6.07, 6.45) is -0.442. The number of nitrogens with zero attached hydrogens (tertiary/aromatic N) is 1. The quantitative estimate of drug-likeness (QED) is 0.690. The van der Waals surface area contributed by atoms with Crippen molar-refractivity contribution in [3.63, 3.8) is 0 Å². The number of carbonyl (C=O) groups is 2. The molecule has 26 heavy (non-hydrogen) atoms. The Hall–Kier alpha value is -1.86. The molecule has 2 aromatic rings. The van der Waals surface area contributed by atoms with E-state index in [9.17, 15) is 14.7 Å². The third kappa shape index (κ3) is 5.85. The fourth-order valence-corrected chi connectivity index (χ4v) is 3.94. The maximum absolute atomic E-state index is 12.6. The van der Waals surface area contributed by atoms with Crippen LogP contribution in [0, 0.1) is 0 Å². The van der Waals surface area contributed by atoms with Crippen LogP contribution in [0.3, 0.4) is 0 Å². The molecule has 2 amide bonds. The molecule has 2 N–H and O–H groups in total. The molecule has 0 bridgehead atoms. The van der Waals surface area contributed by atoms with Crippen molar-refractivity contribution in [3.05, 3.63) is 56.7 Å². The lowest BCUT2D eigenvalue weighted by Gasteiger charge is -2.36. The Kier molecular flexibility index (Phi) is 6.83. The lowest BCUT2D eigenvalue weighted by atomic mass is 10.0. The molecule has 0 aliphatic heterocycles. The molecule has 1 aromatic heterocycles. The number of thiophene rings is 1. The summed E-state index contributed by atoms with van der Waals surface area (Å²) in [4.78, 5) is 26.2. The molecule has 1 aromatic carbocycles. The van der Waals surface area contributed by atoms with Crippen LogP contribution in [0.4, 0.5) is 4.79 Å². The average Bonchev–Trinajstić information content (AvgIpc) is 2.98. The second-order valence-electron chi connectivity index (χ2n) is 7.05. The van der Waals surface area contributed by atoms with Crippen molar-refractivity contribution >= 4 is 39.3 Å². The maximum atomic E-state index is 12.6. The molecule has 0 aliphatic rings. The summed E-state index contributed by atoms with van der Waals surface area (Å²) in [5.74, 6) is -0.194. The van der Waals surface area contributed by atoms with Gasteiger partial charge >= 0.3 is 6.09 Å². The van der Waals surface area contributed by atoms with Crippen molar-refractivity contribution < 1.29 is 14.7 Å². The van der Waals surface area contributed by atoms with Crippen LogP contribution in [0.2, 0.25) is 0 Å². The molecule has 0 aliphatic carbocycles. The molecule has 0 saturated carbocycles. The molecule has 0 unspecified atom stereocenters. The number of hydrogen-bond acceptors (Lipinski definition) is 3. The third-order valence-corrected chi connectivity index (χ3v) is 5.58. The van der Waals surface area contributed by atoms with Crippen LogP contribution >= 0.6 is 27.3 Å². The zero-order valence-electron chi connectivity index (χ0n) is 15.0. The van der Waals surface area contributed by atoms with Crippen molar-refractivity contribution in [2.75, 3.05) is 6.54 Å². The van der Waals surface area contributed by atoms with Crippen LogP contribution in [-0.4, -0.2) is 40.1 Å². The van der Waals surface area contributed by atoms with E-state index in [1.165, 1.54) is 16.2 Å². The summed E-state index contributed by atoms with van der Waals surface area (Å²) in [7, 11) is 0. The van der Waals surface area contributed by atoms with E-state index in [1.54, 1.807) is 6.07 Å². The fourth-order valence-electron chi connectivity index (χ4n) is 2.61. The Labute approximate surface area is 166 Å². The maximum Gasteiger partial charge on any atom is 0.407 e. The fraction of sp³-hybridized carbons (Fsp3) is 0.368. The normalized spacial score (nSPS) is 12.5. The first kappa shape index (κ1) is 20.5. The van der Waals surface area contributed by atoms with Gasteiger partial charge < -0.3 is 15.3 Å². The lowest BCUT2D eigenvalue weighted by molar-refractivity contribution is 0.0824. The van der Waals surface area contributed by atoms with Gasteiger partial charge in [-0.3, -0.25) is 4.79 Å². The summed E-state index contributed by atoms with van der Waals surface area (Å²) in [5.41, 5.74) is 0.488. The molecular weight excluding hydrogens is 416 g/mol. The molecule has 0 saturated heterocycles. The molecule has 5 nitrogen and oxygen atoms in total. The first-order valence-electron chi connectivity index (χ1n) is 8.26. The molecular formula is C19H23BrN2O3S. The standard InChI is InChI=1S/C19H23BrN2O3S/c1-19(2,3)22(18(24)25)11-15(9-13-7-5-4-6-8-13)21-17(23)16-10-14(20)12-26-16/h4-8,10,12,15H,9,11H2,1-3H3,(H,21,23)(H,24,25)/t15-/m1/s1. The van der Waals surface area contributed by atoms with Crippen molar-refractivity contribution in [1.82, 2.24) is 10.2 Å². The average molecular weight is 439 g/mol. The molecule has 0 fully saturated rings. The van der Waals surface area contributed by atoms with E-state index in [0.29, 0.717) is 11.3 Å². The number of carbonyl (C=O) groups excluding carboxylic acids is 1. The van der Waals surface area contributed by atoms with Gasteiger partial charge in [0.25, 0.3) is 5.91 Å². The second kappa shape index (κ2) is 8.68. The topological polar surface area (TPSA) is 69.6 Å². The number of halogens is 1. The number of hydrogen-bond donors (Lipinski definition) is 2. The van der Waals surface area contributed by atoms with Crippen molar-refractivity contribution in [2.24, 2.45) is 0 Å². The van der Waals surface area contributed by atoms with Crippen LogP contribution in [0.25, 0.3) is 0 Å². The van der Waals surface area contributed by atoms with Gasteiger partial charge in [-0.15, -0.1) is 11.3 Å². The van der Waals surface area contributed by atoms with E-state index in [4.69, 9.17) is 0 Å². The minimum atomic E-state index is -0.997. The first-order chi connectivity index (χ1) is 12.2. The minimum absolute atomic E-state index is 0.194. The van der Waals surface area contributed by atoms with Gasteiger partial charge in [-0.2, -0.15) is 0 Å². The van der Waals surface area contributed by atoms with E-state index < -0.39 is 11.6 Å². The summed E-state index contributed by atoms with van der Waals surface area (Å²) in [6.45, 7) is 5.75. The van der Waals surface area contributed by atoms with Gasteiger partial charge in [-0.1, -0.05) is 30.3 Å². The Bertz CT molecular complexity index is 756. The van der Waals surface area contributed by atoms with Crippen molar-refractivity contribution in [2.45, 2.75) is 38.8 Å². The summed E-state index contributed by atoms with van der Waals surface area (Å²) < 4.78 is 0.856. The first-order valence-corrected chi connectivity index (χ1v) is 9.93. The van der Waals surface area contributed by atoms with Crippen LogP contribution in [0.1, 0.15) is 36.0 Å². The van der Waals surface area contributed by atoms with Gasteiger partial charge in [-0.05, 0) is 54.8 Å². The van der Waals surface area contributed by atoms with E-state index in [-0.39, 0.29) is 18.5 Å². The summed E-state index contributed by atoms with van der Waals surface area (Å²) >= 11 is 4.70. The smallest absolute Gasteiger partial charge is 0.407 e. The van der Waals surface area contributed by atoms with Crippen molar-refractivity contribution in [3.8, 4) is 0 Å². The van der Waals surface area contributed by atoms with E-state index >= 15 is 0 Å². The largest absolute Gasteiger partial charge is 0.465 e. The number of benzene rings is 1. The monoisotopic (exact) mass is 438 g/mol. The Morgan fingerprint density at radius 2 is 1.92 bits per heavy atom. The van der Waals surface area contributed by atoms with Gasteiger partial charge in [-0.25, -0.2) is 4.79 Å². The minimum Gasteiger partial charge on any atom is -0.465 e. The van der Waals surface area contributed by atoms with Crippen molar-refractivity contribution in [1.29, 1.82) is 0 Å². The van der Waals surface area contributed by atoms with Crippen LogP contribution in [0.15, 0.2) is 46.3 Å². The van der Waals surface area contributed by atoms with Crippen LogP contribution < -0.4 is 5.32 Å². The molecule has 140 valence electrons. The van der Waals surface area contributed by atoms with Gasteiger partial charge in [0.1, 0.15) is 0 Å². The van der Waals surface area contributed by atoms with Gasteiger partial charge in [0.15, 0.2) is 0 Å². The van der Waals surface area contributed by atoms with Crippen LogP contribution in [0.5, 0.6) is 0 Å². The molecule has 1 heterocycles. The summed E-state index contributed by atoms with van der Waals surface area (Å²) in [5, 5.41) is 14.4. The molecule has 1 atom stereocenters. The molecule has 0 radical (unpaired) electrons. The number of amides is 2. The van der Waals surface area contributed by atoms with E-state index in [1.807, 2.05) is 56.5 Å². The number of carboxylic acid groups (broad SMARTS) is 1. The highest BCUT2D eigenvalue weighted by Gasteiger charge is 2.29. The number of rotatable bonds is 6. The highest BCUT2D eigenvalue weighted by molar-refractivity contribution is 9.10. The SMILES string of the molecule is CC(C)(C)N(C[C@@H](Cc1ccccc1)NC(=O)c1cc(Br)cs1)C(=O)O. The van der Waals surface area contributed by atoms with Gasteiger partial charge in [0, 0.05) is 21.9 Å². The highest BCUT2D eigenvalue weighted by atomic mass is 79.9. The number of nitrogens with one attached hydrogen (secondary N) is 1. The Balaban J connectivity index is 2.20. The van der Waals surface area contributed by atoms with E-state index in [2.05, 4.69) is 21.2 Å². The predicted molar refractivity (Wildman–Crippen MR) is 108 cm³/mol.